The third kappa shape index (κ3) is 4.25. The molecule has 0 spiro atoms. The second-order valence-electron chi connectivity index (χ2n) is 5.27. The lowest BCUT2D eigenvalue weighted by molar-refractivity contribution is 0.199. The van der Waals surface area contributed by atoms with E-state index in [-0.39, 0.29) is 5.54 Å². The Morgan fingerprint density at radius 3 is 2.53 bits per heavy atom. The minimum atomic E-state index is -3.44. The molecule has 5 nitrogen and oxygen atoms in total. The Balaban J connectivity index is 2.85. The molecule has 0 unspecified atom stereocenters. The Morgan fingerprint density at radius 2 is 2.00 bits per heavy atom. The predicted molar refractivity (Wildman–Crippen MR) is 80.0 cm³/mol. The molecule has 1 rings (SSSR count). The third-order valence-corrected chi connectivity index (χ3v) is 5.77. The summed E-state index contributed by atoms with van der Waals surface area (Å²) in [6, 6.07) is 1.66. The first kappa shape index (κ1) is 16.6. The van der Waals surface area contributed by atoms with Crippen LogP contribution in [0.25, 0.3) is 0 Å². The Labute approximate surface area is 120 Å². The zero-order chi connectivity index (χ0) is 14.7. The van der Waals surface area contributed by atoms with Gasteiger partial charge in [-0.3, -0.25) is 0 Å². The van der Waals surface area contributed by atoms with Gasteiger partial charge in [-0.1, -0.05) is 0 Å². The summed E-state index contributed by atoms with van der Waals surface area (Å²) in [6.07, 6.45) is 0. The van der Waals surface area contributed by atoms with Crippen molar-refractivity contribution < 1.29 is 8.42 Å². The average molecular weight is 305 g/mol. The van der Waals surface area contributed by atoms with E-state index in [9.17, 15) is 8.42 Å². The fourth-order valence-electron chi connectivity index (χ4n) is 1.37. The van der Waals surface area contributed by atoms with Gasteiger partial charge in [0, 0.05) is 23.5 Å². The number of sulfonamides is 1. The molecule has 0 radical (unpaired) electrons. The largest absolute Gasteiger partial charge is 0.315 e. The fourth-order valence-corrected chi connectivity index (χ4v) is 4.02. The van der Waals surface area contributed by atoms with E-state index in [1.807, 2.05) is 32.8 Å². The molecule has 110 valence electrons. The molecule has 0 saturated heterocycles. The van der Waals surface area contributed by atoms with Crippen molar-refractivity contribution in [2.75, 3.05) is 27.7 Å². The number of nitrogens with zero attached hydrogens (tertiary/aromatic N) is 1. The molecule has 0 aliphatic carbocycles. The molecule has 19 heavy (non-hydrogen) atoms. The lowest BCUT2D eigenvalue weighted by Gasteiger charge is -2.32. The van der Waals surface area contributed by atoms with Gasteiger partial charge in [0.25, 0.3) is 0 Å². The van der Waals surface area contributed by atoms with Gasteiger partial charge in [0.05, 0.1) is 4.90 Å². The SMILES string of the molecule is CNCc1sccc1S(=O)(=O)NCC(C)(C)N(C)C. The first-order valence-electron chi connectivity index (χ1n) is 6.09. The average Bonchev–Trinajstić information content (AvgIpc) is 2.76. The second-order valence-corrected chi connectivity index (χ2v) is 8.01. The first-order valence-corrected chi connectivity index (χ1v) is 8.45. The van der Waals surface area contributed by atoms with Crippen LogP contribution in [-0.4, -0.2) is 46.5 Å². The summed E-state index contributed by atoms with van der Waals surface area (Å²) >= 11 is 1.45. The maximum Gasteiger partial charge on any atom is 0.241 e. The van der Waals surface area contributed by atoms with Gasteiger partial charge in [-0.15, -0.1) is 11.3 Å². The van der Waals surface area contributed by atoms with Crippen LogP contribution in [0.5, 0.6) is 0 Å². The molecular formula is C12H23N3O2S2. The Morgan fingerprint density at radius 1 is 1.37 bits per heavy atom. The van der Waals surface area contributed by atoms with Crippen molar-refractivity contribution >= 4 is 21.4 Å². The Hall–Kier alpha value is -0.470. The minimum Gasteiger partial charge on any atom is -0.315 e. The van der Waals surface area contributed by atoms with Crippen molar-refractivity contribution in [2.24, 2.45) is 0 Å². The molecule has 1 heterocycles. The topological polar surface area (TPSA) is 61.4 Å². The van der Waals surface area contributed by atoms with E-state index in [0.29, 0.717) is 18.0 Å². The van der Waals surface area contributed by atoms with Crippen LogP contribution < -0.4 is 10.0 Å². The monoisotopic (exact) mass is 305 g/mol. The predicted octanol–water partition coefficient (Wildman–Crippen LogP) is 1.09. The molecule has 0 aliphatic rings. The highest BCUT2D eigenvalue weighted by atomic mass is 32.2. The van der Waals surface area contributed by atoms with Gasteiger partial charge in [0.2, 0.25) is 10.0 Å². The van der Waals surface area contributed by atoms with Gasteiger partial charge in [-0.2, -0.15) is 0 Å². The summed E-state index contributed by atoms with van der Waals surface area (Å²) in [5.74, 6) is 0. The van der Waals surface area contributed by atoms with Gasteiger partial charge in [0.15, 0.2) is 0 Å². The number of thiophene rings is 1. The molecule has 7 heteroatoms. The van der Waals surface area contributed by atoms with Crippen molar-refractivity contribution in [2.45, 2.75) is 30.8 Å². The lowest BCUT2D eigenvalue weighted by Crippen LogP contribution is -2.48. The van der Waals surface area contributed by atoms with Gasteiger partial charge in [-0.25, -0.2) is 13.1 Å². The van der Waals surface area contributed by atoms with E-state index in [1.54, 1.807) is 18.5 Å². The quantitative estimate of drug-likeness (QED) is 0.791. The van der Waals surface area contributed by atoms with Crippen molar-refractivity contribution in [3.8, 4) is 0 Å². The third-order valence-electron chi connectivity index (χ3n) is 3.24. The van der Waals surface area contributed by atoms with Crippen molar-refractivity contribution in [3.63, 3.8) is 0 Å². The molecule has 0 bridgehead atoms. The molecule has 0 aliphatic heterocycles. The molecule has 0 amide bonds. The van der Waals surface area contributed by atoms with E-state index in [2.05, 4.69) is 10.0 Å². The molecule has 1 aromatic heterocycles. The summed E-state index contributed by atoms with van der Waals surface area (Å²) in [6.45, 7) is 4.93. The molecule has 0 atom stereocenters. The van der Waals surface area contributed by atoms with Crippen LogP contribution in [0.3, 0.4) is 0 Å². The number of rotatable bonds is 7. The van der Waals surface area contributed by atoms with Crippen LogP contribution in [0, 0.1) is 0 Å². The van der Waals surface area contributed by atoms with E-state index >= 15 is 0 Å². The summed E-state index contributed by atoms with van der Waals surface area (Å²) in [4.78, 5) is 3.21. The number of nitrogens with one attached hydrogen (secondary N) is 2. The second kappa shape index (κ2) is 6.32. The highest BCUT2D eigenvalue weighted by molar-refractivity contribution is 7.89. The Bertz CT molecular complexity index is 507. The van der Waals surface area contributed by atoms with Gasteiger partial charge in [0.1, 0.15) is 0 Å². The van der Waals surface area contributed by atoms with Crippen LogP contribution in [0.2, 0.25) is 0 Å². The molecule has 0 aromatic carbocycles. The van der Waals surface area contributed by atoms with Crippen molar-refractivity contribution in [3.05, 3.63) is 16.3 Å². The first-order chi connectivity index (χ1) is 8.70. The fraction of sp³-hybridized carbons (Fsp3) is 0.667. The van der Waals surface area contributed by atoms with Crippen LogP contribution in [-0.2, 0) is 16.6 Å². The molecule has 2 N–H and O–H groups in total. The highest BCUT2D eigenvalue weighted by Gasteiger charge is 2.25. The van der Waals surface area contributed by atoms with Crippen LogP contribution in [0.1, 0.15) is 18.7 Å². The smallest absolute Gasteiger partial charge is 0.241 e. The summed E-state index contributed by atoms with van der Waals surface area (Å²) in [5, 5.41) is 4.79. The summed E-state index contributed by atoms with van der Waals surface area (Å²) in [7, 11) is 2.23. The number of hydrogen-bond acceptors (Lipinski definition) is 5. The van der Waals surface area contributed by atoms with Crippen LogP contribution >= 0.6 is 11.3 Å². The summed E-state index contributed by atoms with van der Waals surface area (Å²) in [5.41, 5.74) is -0.230. The Kier molecular flexibility index (Phi) is 5.52. The zero-order valence-electron chi connectivity index (χ0n) is 12.1. The van der Waals surface area contributed by atoms with Gasteiger partial charge >= 0.3 is 0 Å². The molecule has 1 aromatic rings. The van der Waals surface area contributed by atoms with Crippen LogP contribution in [0.15, 0.2) is 16.3 Å². The normalized spacial score (nSPS) is 13.2. The number of hydrogen-bond donors (Lipinski definition) is 2. The maximum absolute atomic E-state index is 12.3. The molecular weight excluding hydrogens is 282 g/mol. The molecule has 0 saturated carbocycles. The van der Waals surface area contributed by atoms with E-state index in [4.69, 9.17) is 0 Å². The molecule has 0 fully saturated rings. The van der Waals surface area contributed by atoms with Gasteiger partial charge < -0.3 is 10.2 Å². The van der Waals surface area contributed by atoms with Crippen LogP contribution in [0.4, 0.5) is 0 Å². The number of likely N-dealkylation sites (N-methyl/N-ethyl adjacent to an activating group) is 1. The maximum atomic E-state index is 12.3. The standard InChI is InChI=1S/C12H23N3O2S2/c1-12(2,15(4)5)9-14-19(16,17)11-6-7-18-10(11)8-13-3/h6-7,13-14H,8-9H2,1-5H3. The van der Waals surface area contributed by atoms with E-state index in [1.165, 1.54) is 11.3 Å². The highest BCUT2D eigenvalue weighted by Crippen LogP contribution is 2.22. The zero-order valence-corrected chi connectivity index (χ0v) is 13.8. The lowest BCUT2D eigenvalue weighted by atomic mass is 10.1. The van der Waals surface area contributed by atoms with Crippen molar-refractivity contribution in [1.82, 2.24) is 14.9 Å². The summed E-state index contributed by atoms with van der Waals surface area (Å²) < 4.78 is 27.3. The minimum absolute atomic E-state index is 0.230. The van der Waals surface area contributed by atoms with Crippen molar-refractivity contribution in [1.29, 1.82) is 0 Å². The van der Waals surface area contributed by atoms with Gasteiger partial charge in [-0.05, 0) is 46.4 Å². The van der Waals surface area contributed by atoms with E-state index in [0.717, 1.165) is 4.88 Å². The van der Waals surface area contributed by atoms with E-state index < -0.39 is 10.0 Å².